The fourth-order valence-corrected chi connectivity index (χ4v) is 2.13. The van der Waals surface area contributed by atoms with E-state index in [1.54, 1.807) is 12.4 Å². The monoisotopic (exact) mass is 311 g/mol. The van der Waals surface area contributed by atoms with Gasteiger partial charge in [0.1, 0.15) is 5.69 Å². The first-order chi connectivity index (χ1) is 11.8. The van der Waals surface area contributed by atoms with Gasteiger partial charge in [-0.25, -0.2) is 0 Å². The minimum absolute atomic E-state index is 0.819. The number of hydrogen-bond donors (Lipinski definition) is 0. The fraction of sp³-hybridized carbons (Fsp3) is 0. The summed E-state index contributed by atoms with van der Waals surface area (Å²) < 4.78 is 1.98. The van der Waals surface area contributed by atoms with Crippen LogP contribution in [0.4, 0.5) is 0 Å². The molecule has 0 fully saturated rings. The summed E-state index contributed by atoms with van der Waals surface area (Å²) in [7, 11) is 0. The van der Waals surface area contributed by atoms with Crippen LogP contribution in [0.1, 0.15) is 17.1 Å². The molecule has 0 amide bonds. The van der Waals surface area contributed by atoms with Gasteiger partial charge in [-0.1, -0.05) is 18.2 Å². The van der Waals surface area contributed by atoms with E-state index in [0.717, 1.165) is 22.7 Å². The first-order valence-corrected chi connectivity index (χ1v) is 7.62. The maximum absolute atomic E-state index is 4.29. The molecule has 3 rings (SSSR count). The van der Waals surface area contributed by atoms with Gasteiger partial charge in [0.25, 0.3) is 0 Å². The molecule has 116 valence electrons. The van der Waals surface area contributed by atoms with E-state index in [1.807, 2.05) is 83.7 Å². The SMILES string of the molecule is C=C(C=[C-]c1cccc[n+]1C=Cc1ccccn1)c1ccccn1. The summed E-state index contributed by atoms with van der Waals surface area (Å²) in [5.74, 6) is 0. The van der Waals surface area contributed by atoms with Crippen LogP contribution in [0.25, 0.3) is 17.8 Å². The molecular weight excluding hydrogens is 294 g/mol. The molecule has 0 unspecified atom stereocenters. The highest BCUT2D eigenvalue weighted by Crippen LogP contribution is 2.10. The molecule has 0 aliphatic rings. The molecule has 0 aromatic carbocycles. The highest BCUT2D eigenvalue weighted by atomic mass is 14.9. The molecule has 0 N–H and O–H groups in total. The Labute approximate surface area is 142 Å². The molecule has 0 aliphatic heterocycles. The smallest absolute Gasteiger partial charge is 0.175 e. The van der Waals surface area contributed by atoms with Crippen LogP contribution >= 0.6 is 0 Å². The van der Waals surface area contributed by atoms with Crippen molar-refractivity contribution in [3.05, 3.63) is 109 Å². The molecule has 0 spiro atoms. The summed E-state index contributed by atoms with van der Waals surface area (Å²) >= 11 is 0. The molecule has 3 aromatic heterocycles. The summed E-state index contributed by atoms with van der Waals surface area (Å²) in [5, 5.41) is 0. The van der Waals surface area contributed by atoms with Crippen LogP contribution in [-0.2, 0) is 0 Å². The molecule has 3 heterocycles. The molecule has 0 radical (unpaired) electrons. The summed E-state index contributed by atoms with van der Waals surface area (Å²) in [6.07, 6.45) is 14.5. The van der Waals surface area contributed by atoms with Crippen LogP contribution in [0.3, 0.4) is 0 Å². The normalized spacial score (nSPS) is 11.2. The first kappa shape index (κ1) is 15.6. The van der Waals surface area contributed by atoms with Gasteiger partial charge in [0.05, 0.1) is 5.69 Å². The summed E-state index contributed by atoms with van der Waals surface area (Å²) in [4.78, 5) is 8.58. The molecule has 3 nitrogen and oxygen atoms in total. The highest BCUT2D eigenvalue weighted by Gasteiger charge is 1.98. The lowest BCUT2D eigenvalue weighted by Crippen LogP contribution is -2.29. The molecule has 0 atom stereocenters. The van der Waals surface area contributed by atoms with Crippen LogP contribution in [0.15, 0.2) is 85.8 Å². The summed E-state index contributed by atoms with van der Waals surface area (Å²) in [6.45, 7) is 4.05. The Hall–Kier alpha value is -3.33. The van der Waals surface area contributed by atoms with Gasteiger partial charge in [0.2, 0.25) is 0 Å². The minimum Gasteiger partial charge on any atom is -0.270 e. The van der Waals surface area contributed by atoms with Gasteiger partial charge in [-0.2, -0.15) is 10.6 Å². The summed E-state index contributed by atoms with van der Waals surface area (Å²) in [5.41, 5.74) is 3.49. The van der Waals surface area contributed by atoms with Crippen molar-refractivity contribution in [2.45, 2.75) is 0 Å². The van der Waals surface area contributed by atoms with Crippen LogP contribution < -0.4 is 4.57 Å². The van der Waals surface area contributed by atoms with E-state index >= 15 is 0 Å². The van der Waals surface area contributed by atoms with Gasteiger partial charge in [-0.05, 0) is 30.3 Å². The molecule has 3 heteroatoms. The molecule has 0 saturated heterocycles. The Morgan fingerprint density at radius 2 is 1.75 bits per heavy atom. The van der Waals surface area contributed by atoms with Crippen molar-refractivity contribution in [3.8, 4) is 0 Å². The number of allylic oxidation sites excluding steroid dienone is 2. The molecular formula is C21H17N3. The average molecular weight is 311 g/mol. The third-order valence-electron chi connectivity index (χ3n) is 3.37. The van der Waals surface area contributed by atoms with E-state index in [-0.39, 0.29) is 0 Å². The third kappa shape index (κ3) is 4.11. The van der Waals surface area contributed by atoms with Gasteiger partial charge >= 0.3 is 0 Å². The highest BCUT2D eigenvalue weighted by molar-refractivity contribution is 5.69. The maximum Gasteiger partial charge on any atom is 0.175 e. The number of rotatable bonds is 5. The van der Waals surface area contributed by atoms with Crippen molar-refractivity contribution in [2.75, 3.05) is 0 Å². The van der Waals surface area contributed by atoms with E-state index in [4.69, 9.17) is 0 Å². The second kappa shape index (κ2) is 7.79. The number of hydrogen-bond acceptors (Lipinski definition) is 2. The summed E-state index contributed by atoms with van der Waals surface area (Å²) in [6, 6.07) is 17.5. The standard InChI is InChI=1S/C21H17N3/c1-18(21-10-3-6-15-23-21)11-12-20-9-4-7-16-24(20)17-13-19-8-2-5-14-22-19/h2-11,13-17H,1H2. The zero-order chi connectivity index (χ0) is 16.6. The predicted molar refractivity (Wildman–Crippen MR) is 96.3 cm³/mol. The Morgan fingerprint density at radius 1 is 0.958 bits per heavy atom. The molecule has 0 saturated carbocycles. The molecule has 0 bridgehead atoms. The van der Waals surface area contributed by atoms with E-state index in [0.29, 0.717) is 0 Å². The second-order valence-electron chi connectivity index (χ2n) is 5.09. The van der Waals surface area contributed by atoms with Crippen LogP contribution in [0.2, 0.25) is 0 Å². The fourth-order valence-electron chi connectivity index (χ4n) is 2.13. The van der Waals surface area contributed by atoms with Gasteiger partial charge in [0.15, 0.2) is 12.4 Å². The van der Waals surface area contributed by atoms with Gasteiger partial charge in [-0.3, -0.25) is 9.97 Å². The van der Waals surface area contributed by atoms with Crippen molar-refractivity contribution in [2.24, 2.45) is 0 Å². The third-order valence-corrected chi connectivity index (χ3v) is 3.37. The Morgan fingerprint density at radius 3 is 2.50 bits per heavy atom. The van der Waals surface area contributed by atoms with Crippen molar-refractivity contribution in [3.63, 3.8) is 0 Å². The van der Waals surface area contributed by atoms with E-state index in [2.05, 4.69) is 22.6 Å². The lowest BCUT2D eigenvalue weighted by Gasteiger charge is -2.04. The van der Waals surface area contributed by atoms with E-state index in [9.17, 15) is 0 Å². The van der Waals surface area contributed by atoms with Crippen molar-refractivity contribution in [1.82, 2.24) is 9.97 Å². The van der Waals surface area contributed by atoms with Gasteiger partial charge < -0.3 is 0 Å². The number of pyridine rings is 3. The zero-order valence-corrected chi connectivity index (χ0v) is 13.2. The lowest BCUT2D eigenvalue weighted by atomic mass is 10.1. The topological polar surface area (TPSA) is 29.7 Å². The first-order valence-electron chi connectivity index (χ1n) is 7.62. The Kier molecular flexibility index (Phi) is 5.05. The van der Waals surface area contributed by atoms with E-state index in [1.165, 1.54) is 0 Å². The molecule has 24 heavy (non-hydrogen) atoms. The van der Waals surface area contributed by atoms with Crippen LogP contribution in [0.5, 0.6) is 0 Å². The molecule has 3 aromatic rings. The predicted octanol–water partition coefficient (Wildman–Crippen LogP) is 3.81. The van der Waals surface area contributed by atoms with Crippen LogP contribution in [0, 0.1) is 6.08 Å². The van der Waals surface area contributed by atoms with Crippen molar-refractivity contribution >= 4 is 17.8 Å². The second-order valence-corrected chi connectivity index (χ2v) is 5.09. The minimum atomic E-state index is 0.819. The van der Waals surface area contributed by atoms with E-state index < -0.39 is 0 Å². The lowest BCUT2D eigenvalue weighted by molar-refractivity contribution is -0.572. The van der Waals surface area contributed by atoms with Crippen molar-refractivity contribution < 1.29 is 4.57 Å². The van der Waals surface area contributed by atoms with Gasteiger partial charge in [0, 0.05) is 24.2 Å². The van der Waals surface area contributed by atoms with Crippen molar-refractivity contribution in [1.29, 1.82) is 0 Å². The van der Waals surface area contributed by atoms with Crippen LogP contribution in [-0.4, -0.2) is 9.97 Å². The maximum atomic E-state index is 4.29. The average Bonchev–Trinajstić information content (AvgIpc) is 2.66. The number of aromatic nitrogens is 3. The zero-order valence-electron chi connectivity index (χ0n) is 13.2. The quantitative estimate of drug-likeness (QED) is 0.407. The van der Waals surface area contributed by atoms with Gasteiger partial charge in [-0.15, -0.1) is 24.3 Å². The number of nitrogens with zero attached hydrogens (tertiary/aromatic N) is 3. The Bertz CT molecular complexity index is 866. The Balaban J connectivity index is 1.81. The molecule has 0 aliphatic carbocycles. The largest absolute Gasteiger partial charge is 0.270 e.